The summed E-state index contributed by atoms with van der Waals surface area (Å²) in [6, 6.07) is 65.5. The van der Waals surface area contributed by atoms with Crippen molar-refractivity contribution in [2.45, 2.75) is 0 Å². The number of nitrogens with zero attached hydrogens (tertiary/aromatic N) is 2. The van der Waals surface area contributed by atoms with E-state index in [4.69, 9.17) is 0 Å². The van der Waals surface area contributed by atoms with E-state index in [1.807, 2.05) is 0 Å². The van der Waals surface area contributed by atoms with Gasteiger partial charge < -0.3 is 0 Å². The molecule has 9 aromatic rings. The summed E-state index contributed by atoms with van der Waals surface area (Å²) in [6.45, 7) is 0. The number of para-hydroxylation sites is 2. The lowest BCUT2D eigenvalue weighted by atomic mass is 9.85. The minimum absolute atomic E-state index is 1.11. The molecule has 1 aromatic heterocycles. The van der Waals surface area contributed by atoms with Gasteiger partial charge >= 0.3 is 0 Å². The van der Waals surface area contributed by atoms with Crippen LogP contribution in [0.2, 0.25) is 0 Å². The SMILES string of the molecule is c1ccc(-c2c3ccccc3c(-c3ccccc3)c3cc(-c4ccc(-[n+]5cc6ccccc6n5-c5ccccc5)cc4)ccc23)cc1. The lowest BCUT2D eigenvalue weighted by Gasteiger charge is -2.18. The molecule has 0 aliphatic heterocycles. The third kappa shape index (κ3) is 4.62. The molecule has 2 nitrogen and oxygen atoms in total. The monoisotopic (exact) mass is 599 g/mol. The summed E-state index contributed by atoms with van der Waals surface area (Å²) in [5.41, 5.74) is 10.8. The Morgan fingerprint density at radius 3 is 1.53 bits per heavy atom. The Labute approximate surface area is 274 Å². The molecule has 0 N–H and O–H groups in total. The Morgan fingerprint density at radius 1 is 0.362 bits per heavy atom. The summed E-state index contributed by atoms with van der Waals surface area (Å²) in [4.78, 5) is 0. The van der Waals surface area contributed by atoms with Gasteiger partial charge in [-0.25, -0.2) is 0 Å². The number of rotatable bonds is 5. The highest BCUT2D eigenvalue weighted by atomic mass is 15.4. The van der Waals surface area contributed by atoms with Gasteiger partial charge in [0.1, 0.15) is 11.2 Å². The zero-order valence-corrected chi connectivity index (χ0v) is 25.8. The maximum Gasteiger partial charge on any atom is 0.236 e. The lowest BCUT2D eigenvalue weighted by Crippen LogP contribution is -2.39. The molecule has 47 heavy (non-hydrogen) atoms. The van der Waals surface area contributed by atoms with Crippen molar-refractivity contribution in [3.05, 3.63) is 188 Å². The van der Waals surface area contributed by atoms with Gasteiger partial charge in [-0.3, -0.25) is 0 Å². The fraction of sp³-hybridized carbons (Fsp3) is 0. The van der Waals surface area contributed by atoms with Gasteiger partial charge in [0, 0.05) is 12.1 Å². The second-order valence-electron chi connectivity index (χ2n) is 12.0. The highest BCUT2D eigenvalue weighted by Gasteiger charge is 2.21. The van der Waals surface area contributed by atoms with Crippen molar-refractivity contribution in [2.75, 3.05) is 0 Å². The average molecular weight is 600 g/mol. The van der Waals surface area contributed by atoms with Crippen LogP contribution in [0, 0.1) is 0 Å². The van der Waals surface area contributed by atoms with Crippen LogP contribution >= 0.6 is 0 Å². The molecular formula is C45H31N2+. The molecule has 8 aromatic carbocycles. The maximum absolute atomic E-state index is 2.39. The summed E-state index contributed by atoms with van der Waals surface area (Å²) < 4.78 is 4.53. The van der Waals surface area contributed by atoms with Crippen LogP contribution in [0.5, 0.6) is 0 Å². The van der Waals surface area contributed by atoms with Crippen LogP contribution in [0.25, 0.3) is 77.2 Å². The fourth-order valence-electron chi connectivity index (χ4n) is 7.11. The van der Waals surface area contributed by atoms with E-state index in [0.717, 1.165) is 11.4 Å². The Hall–Kier alpha value is -6.25. The van der Waals surface area contributed by atoms with Gasteiger partial charge in [0.25, 0.3) is 0 Å². The fourth-order valence-corrected chi connectivity index (χ4v) is 7.11. The van der Waals surface area contributed by atoms with E-state index in [-0.39, 0.29) is 0 Å². The molecule has 1 heterocycles. The van der Waals surface area contributed by atoms with Gasteiger partial charge in [-0.1, -0.05) is 132 Å². The molecule has 0 spiro atoms. The Morgan fingerprint density at radius 2 is 0.872 bits per heavy atom. The first-order valence-electron chi connectivity index (χ1n) is 16.1. The third-order valence-corrected chi connectivity index (χ3v) is 9.26. The second kappa shape index (κ2) is 11.3. The zero-order chi connectivity index (χ0) is 31.2. The van der Waals surface area contributed by atoms with Crippen molar-refractivity contribution in [2.24, 2.45) is 0 Å². The van der Waals surface area contributed by atoms with Crippen LogP contribution in [0.3, 0.4) is 0 Å². The van der Waals surface area contributed by atoms with Crippen LogP contribution in [0.4, 0.5) is 0 Å². The van der Waals surface area contributed by atoms with Crippen molar-refractivity contribution in [1.82, 2.24) is 4.68 Å². The van der Waals surface area contributed by atoms with Gasteiger partial charge in [-0.15, -0.1) is 4.68 Å². The van der Waals surface area contributed by atoms with Crippen molar-refractivity contribution in [3.63, 3.8) is 0 Å². The Balaban J connectivity index is 1.23. The summed E-state index contributed by atoms with van der Waals surface area (Å²) in [5, 5.41) is 6.26. The standard InChI is InChI=1S/C45H31N2/c1-4-14-33(15-5-1)44-39-21-11-12-22-40(39)45(34-16-6-2-7-17-34)42-30-35(26-29-41(42)44)32-24-27-37(28-25-32)46-31-36-18-10-13-23-43(36)47(46)38-19-8-3-9-20-38/h1-31H/q+1. The van der Waals surface area contributed by atoms with Gasteiger partial charge in [0.15, 0.2) is 0 Å². The maximum atomic E-state index is 2.39. The van der Waals surface area contributed by atoms with E-state index in [1.165, 1.54) is 65.8 Å². The zero-order valence-electron chi connectivity index (χ0n) is 25.8. The van der Waals surface area contributed by atoms with Crippen LogP contribution < -0.4 is 4.68 Å². The Kier molecular flexibility index (Phi) is 6.50. The third-order valence-electron chi connectivity index (χ3n) is 9.26. The van der Waals surface area contributed by atoms with Gasteiger partial charge in [-0.05, 0) is 97.4 Å². The van der Waals surface area contributed by atoms with E-state index in [0.29, 0.717) is 0 Å². The summed E-state index contributed by atoms with van der Waals surface area (Å²) >= 11 is 0. The van der Waals surface area contributed by atoms with Crippen molar-refractivity contribution in [1.29, 1.82) is 0 Å². The van der Waals surface area contributed by atoms with E-state index in [2.05, 4.69) is 198 Å². The first kappa shape index (κ1) is 27.1. The normalized spacial score (nSPS) is 11.4. The lowest BCUT2D eigenvalue weighted by molar-refractivity contribution is -0.672. The van der Waals surface area contributed by atoms with E-state index < -0.39 is 0 Å². The van der Waals surface area contributed by atoms with Crippen LogP contribution in [0.1, 0.15) is 0 Å². The average Bonchev–Trinajstić information content (AvgIpc) is 3.54. The second-order valence-corrected chi connectivity index (χ2v) is 12.0. The molecule has 0 atom stereocenters. The van der Waals surface area contributed by atoms with Crippen molar-refractivity contribution < 1.29 is 4.68 Å². The minimum Gasteiger partial charge on any atom is -0.115 e. The number of hydrogen-bond acceptors (Lipinski definition) is 0. The van der Waals surface area contributed by atoms with Crippen molar-refractivity contribution in [3.8, 4) is 44.8 Å². The molecule has 0 aliphatic rings. The number of aromatic nitrogens is 2. The molecule has 0 amide bonds. The predicted octanol–water partition coefficient (Wildman–Crippen LogP) is 11.2. The minimum atomic E-state index is 1.11. The molecule has 0 unspecified atom stereocenters. The molecule has 9 rings (SSSR count). The molecule has 0 aliphatic carbocycles. The van der Waals surface area contributed by atoms with Gasteiger partial charge in [-0.2, -0.15) is 0 Å². The first-order valence-corrected chi connectivity index (χ1v) is 16.1. The molecule has 2 heteroatoms. The molecular weight excluding hydrogens is 569 g/mol. The summed E-state index contributed by atoms with van der Waals surface area (Å²) in [7, 11) is 0. The van der Waals surface area contributed by atoms with Crippen LogP contribution in [0.15, 0.2) is 188 Å². The molecule has 220 valence electrons. The first-order chi connectivity index (χ1) is 23.3. The smallest absolute Gasteiger partial charge is 0.115 e. The number of hydrogen-bond donors (Lipinski definition) is 0. The van der Waals surface area contributed by atoms with Gasteiger partial charge in [0.05, 0.1) is 5.39 Å². The highest BCUT2D eigenvalue weighted by Crippen LogP contribution is 2.44. The van der Waals surface area contributed by atoms with Gasteiger partial charge in [0.2, 0.25) is 11.9 Å². The quantitative estimate of drug-likeness (QED) is 0.137. The molecule has 0 radical (unpaired) electrons. The van der Waals surface area contributed by atoms with Crippen molar-refractivity contribution >= 4 is 32.4 Å². The summed E-state index contributed by atoms with van der Waals surface area (Å²) in [6.07, 6.45) is 2.22. The Bertz CT molecular complexity index is 2530. The van der Waals surface area contributed by atoms with E-state index >= 15 is 0 Å². The molecule has 0 fully saturated rings. The largest absolute Gasteiger partial charge is 0.236 e. The molecule has 0 saturated heterocycles. The van der Waals surface area contributed by atoms with E-state index in [1.54, 1.807) is 0 Å². The van der Waals surface area contributed by atoms with E-state index in [9.17, 15) is 0 Å². The topological polar surface area (TPSA) is 8.81 Å². The molecule has 0 bridgehead atoms. The molecule has 0 saturated carbocycles. The van der Waals surface area contributed by atoms with Crippen LogP contribution in [-0.4, -0.2) is 4.68 Å². The predicted molar refractivity (Wildman–Crippen MR) is 196 cm³/mol. The van der Waals surface area contributed by atoms with Crippen LogP contribution in [-0.2, 0) is 0 Å². The summed E-state index contributed by atoms with van der Waals surface area (Å²) in [5.74, 6) is 0. The number of benzene rings is 8. The number of fused-ring (bicyclic) bond motifs is 3. The highest BCUT2D eigenvalue weighted by molar-refractivity contribution is 6.21.